The molecule has 2 atom stereocenters. The number of hydrogen-bond acceptors (Lipinski definition) is 6. The number of thioether (sulfide) groups is 1. The lowest BCUT2D eigenvalue weighted by Gasteiger charge is -2.16. The Kier molecular flexibility index (Phi) is 5.84. The average molecular weight is 380 g/mol. The van der Waals surface area contributed by atoms with Crippen molar-refractivity contribution in [1.82, 2.24) is 15.5 Å². The number of amides is 1. The van der Waals surface area contributed by atoms with E-state index in [4.69, 9.17) is 4.42 Å². The zero-order valence-corrected chi connectivity index (χ0v) is 16.8. The van der Waals surface area contributed by atoms with Crippen LogP contribution in [0.25, 0.3) is 10.8 Å². The molecule has 0 saturated heterocycles. The van der Waals surface area contributed by atoms with Crippen LogP contribution in [0.3, 0.4) is 0 Å². The second-order valence-electron chi connectivity index (χ2n) is 7.17. The maximum Gasteiger partial charge on any atom is 0.277 e. The van der Waals surface area contributed by atoms with Gasteiger partial charge in [0.1, 0.15) is 0 Å². The molecular weight excluding hydrogens is 354 g/mol. The van der Waals surface area contributed by atoms with Gasteiger partial charge in [0.2, 0.25) is 5.91 Å². The van der Waals surface area contributed by atoms with Crippen LogP contribution < -0.4 is 5.32 Å². The zero-order valence-electron chi connectivity index (χ0n) is 15.2. The molecule has 2 aromatic heterocycles. The monoisotopic (exact) mass is 379 g/mol. The van der Waals surface area contributed by atoms with Crippen LogP contribution in [0.15, 0.2) is 15.7 Å². The molecule has 0 saturated carbocycles. The molecule has 0 unspecified atom stereocenters. The summed E-state index contributed by atoms with van der Waals surface area (Å²) in [5, 5.41) is 11.7. The van der Waals surface area contributed by atoms with Crippen LogP contribution >= 0.6 is 23.1 Å². The number of fused-ring (bicyclic) bond motifs is 1. The van der Waals surface area contributed by atoms with E-state index in [1.165, 1.54) is 28.6 Å². The minimum Gasteiger partial charge on any atom is -0.410 e. The number of carbonyl (C=O) groups excluding carboxylic acids is 1. The molecule has 1 amide bonds. The fraction of sp³-hybridized carbons (Fsp3) is 0.611. The van der Waals surface area contributed by atoms with Crippen LogP contribution in [0.2, 0.25) is 0 Å². The summed E-state index contributed by atoms with van der Waals surface area (Å²) in [7, 11) is 0. The minimum absolute atomic E-state index is 0.00785. The predicted octanol–water partition coefficient (Wildman–Crippen LogP) is 4.18. The summed E-state index contributed by atoms with van der Waals surface area (Å²) in [6.07, 6.45) is 3.53. The Bertz CT molecular complexity index is 739. The molecule has 7 heteroatoms. The highest BCUT2D eigenvalue weighted by molar-refractivity contribution is 7.99. The molecule has 5 nitrogen and oxygen atoms in total. The smallest absolute Gasteiger partial charge is 0.277 e. The summed E-state index contributed by atoms with van der Waals surface area (Å²) in [5.41, 5.74) is 1.42. The molecular formula is C18H25N3O2S2. The Morgan fingerprint density at radius 2 is 2.24 bits per heavy atom. The van der Waals surface area contributed by atoms with E-state index in [1.54, 1.807) is 11.3 Å². The molecule has 136 valence electrons. The fourth-order valence-corrected chi connectivity index (χ4v) is 4.47. The van der Waals surface area contributed by atoms with E-state index >= 15 is 0 Å². The van der Waals surface area contributed by atoms with Gasteiger partial charge in [0.25, 0.3) is 11.1 Å². The van der Waals surface area contributed by atoms with Crippen molar-refractivity contribution < 1.29 is 9.21 Å². The van der Waals surface area contributed by atoms with E-state index in [2.05, 4.69) is 42.4 Å². The molecule has 1 aliphatic rings. The normalized spacial score (nSPS) is 18.2. The number of thiophene rings is 1. The van der Waals surface area contributed by atoms with Gasteiger partial charge in [-0.25, -0.2) is 0 Å². The SMILES string of the molecule is CC(C)[C@@H](C)NC(=O)CSc1nnc(-c2cc3c(s2)CC[C@H](C)C3)o1. The summed E-state index contributed by atoms with van der Waals surface area (Å²) < 4.78 is 5.75. The van der Waals surface area contributed by atoms with Crippen molar-refractivity contribution >= 4 is 29.0 Å². The van der Waals surface area contributed by atoms with Gasteiger partial charge in [-0.2, -0.15) is 0 Å². The van der Waals surface area contributed by atoms with Gasteiger partial charge < -0.3 is 9.73 Å². The molecule has 1 N–H and O–H groups in total. The third-order valence-corrected chi connectivity index (χ3v) is 6.71. The molecule has 25 heavy (non-hydrogen) atoms. The van der Waals surface area contributed by atoms with E-state index < -0.39 is 0 Å². The first kappa shape index (κ1) is 18.5. The van der Waals surface area contributed by atoms with Gasteiger partial charge in [-0.1, -0.05) is 32.5 Å². The van der Waals surface area contributed by atoms with E-state index in [-0.39, 0.29) is 17.7 Å². The van der Waals surface area contributed by atoms with E-state index in [0.29, 0.717) is 17.0 Å². The van der Waals surface area contributed by atoms with E-state index in [9.17, 15) is 4.79 Å². The zero-order chi connectivity index (χ0) is 18.0. The van der Waals surface area contributed by atoms with E-state index in [1.807, 2.05) is 6.92 Å². The lowest BCUT2D eigenvalue weighted by molar-refractivity contribution is -0.119. The highest BCUT2D eigenvalue weighted by atomic mass is 32.2. The first-order valence-electron chi connectivity index (χ1n) is 8.80. The molecule has 0 aliphatic heterocycles. The quantitative estimate of drug-likeness (QED) is 0.763. The van der Waals surface area contributed by atoms with Crippen molar-refractivity contribution in [3.63, 3.8) is 0 Å². The highest BCUT2D eigenvalue weighted by Crippen LogP contribution is 2.37. The second-order valence-corrected chi connectivity index (χ2v) is 9.23. The van der Waals surface area contributed by atoms with Crippen LogP contribution in [0.5, 0.6) is 0 Å². The average Bonchev–Trinajstić information content (AvgIpc) is 3.18. The number of rotatable bonds is 6. The topological polar surface area (TPSA) is 68.0 Å². The maximum absolute atomic E-state index is 12.0. The molecule has 0 aromatic carbocycles. The molecule has 0 spiro atoms. The van der Waals surface area contributed by atoms with Crippen LogP contribution in [-0.2, 0) is 17.6 Å². The maximum atomic E-state index is 12.0. The summed E-state index contributed by atoms with van der Waals surface area (Å²) in [5.74, 6) is 2.00. The Labute approximate surface area is 157 Å². The molecule has 2 aromatic rings. The number of nitrogens with one attached hydrogen (secondary N) is 1. The number of aryl methyl sites for hydroxylation is 1. The molecule has 3 rings (SSSR count). The second kappa shape index (κ2) is 7.91. The largest absolute Gasteiger partial charge is 0.410 e. The van der Waals surface area contributed by atoms with Gasteiger partial charge in [0, 0.05) is 10.9 Å². The van der Waals surface area contributed by atoms with Crippen molar-refractivity contribution in [1.29, 1.82) is 0 Å². The third kappa shape index (κ3) is 4.64. The van der Waals surface area contributed by atoms with Crippen molar-refractivity contribution in [3.8, 4) is 10.8 Å². The van der Waals surface area contributed by atoms with E-state index in [0.717, 1.165) is 23.6 Å². The van der Waals surface area contributed by atoms with Gasteiger partial charge in [0.05, 0.1) is 10.6 Å². The summed E-state index contributed by atoms with van der Waals surface area (Å²) in [6, 6.07) is 2.35. The number of carbonyl (C=O) groups is 1. The van der Waals surface area contributed by atoms with Crippen LogP contribution in [0.4, 0.5) is 0 Å². The van der Waals surface area contributed by atoms with Crippen molar-refractivity contribution in [3.05, 3.63) is 16.5 Å². The lowest BCUT2D eigenvalue weighted by atomic mass is 9.90. The Morgan fingerprint density at radius 3 is 3.00 bits per heavy atom. The third-order valence-electron chi connectivity index (χ3n) is 4.66. The first-order valence-corrected chi connectivity index (χ1v) is 10.6. The summed E-state index contributed by atoms with van der Waals surface area (Å²) >= 11 is 3.04. The number of nitrogens with zero attached hydrogens (tertiary/aromatic N) is 2. The Balaban J connectivity index is 1.59. The van der Waals surface area contributed by atoms with Gasteiger partial charge in [-0.15, -0.1) is 21.5 Å². The van der Waals surface area contributed by atoms with Crippen molar-refractivity contribution in [2.45, 2.75) is 58.2 Å². The predicted molar refractivity (Wildman–Crippen MR) is 102 cm³/mol. The van der Waals surface area contributed by atoms with Gasteiger partial charge in [0.15, 0.2) is 0 Å². The van der Waals surface area contributed by atoms with Crippen LogP contribution in [0.1, 0.15) is 44.6 Å². The number of hydrogen-bond donors (Lipinski definition) is 1. The molecule has 0 bridgehead atoms. The fourth-order valence-electron chi connectivity index (χ4n) is 2.77. The van der Waals surface area contributed by atoms with Gasteiger partial charge >= 0.3 is 0 Å². The van der Waals surface area contributed by atoms with Crippen LogP contribution in [-0.4, -0.2) is 27.9 Å². The Morgan fingerprint density at radius 1 is 1.44 bits per heavy atom. The van der Waals surface area contributed by atoms with Gasteiger partial charge in [-0.3, -0.25) is 4.79 Å². The Hall–Kier alpha value is -1.34. The number of aromatic nitrogens is 2. The molecule has 0 fully saturated rings. The van der Waals surface area contributed by atoms with Gasteiger partial charge in [-0.05, 0) is 49.7 Å². The highest BCUT2D eigenvalue weighted by Gasteiger charge is 2.21. The van der Waals surface area contributed by atoms with Crippen LogP contribution in [0, 0.1) is 11.8 Å². The summed E-state index contributed by atoms with van der Waals surface area (Å²) in [4.78, 5) is 14.4. The lowest BCUT2D eigenvalue weighted by Crippen LogP contribution is -2.37. The molecule has 1 aliphatic carbocycles. The van der Waals surface area contributed by atoms with Crippen molar-refractivity contribution in [2.24, 2.45) is 11.8 Å². The minimum atomic E-state index is -0.00785. The molecule has 0 radical (unpaired) electrons. The van der Waals surface area contributed by atoms with Crippen molar-refractivity contribution in [2.75, 3.05) is 5.75 Å². The summed E-state index contributed by atoms with van der Waals surface area (Å²) in [6.45, 7) is 8.48. The standard InChI is InChI=1S/C18H25N3O2S2/c1-10(2)12(4)19-16(22)9-24-18-21-20-17(23-18)15-8-13-7-11(3)5-6-14(13)25-15/h8,10-12H,5-7,9H2,1-4H3,(H,19,22)/t11-,12+/m0/s1. The first-order chi connectivity index (χ1) is 11.9. The molecule has 2 heterocycles.